The lowest BCUT2D eigenvalue weighted by molar-refractivity contribution is 0.206. The Labute approximate surface area is 131 Å². The Balaban J connectivity index is 2.15. The van der Waals surface area contributed by atoms with Gasteiger partial charge in [-0.3, -0.25) is 0 Å². The topological polar surface area (TPSA) is 38.0 Å². The van der Waals surface area contributed by atoms with Gasteiger partial charge >= 0.3 is 0 Å². The van der Waals surface area contributed by atoms with Crippen molar-refractivity contribution >= 4 is 27.0 Å². The molecule has 21 heavy (non-hydrogen) atoms. The Morgan fingerprint density at radius 3 is 2.52 bits per heavy atom. The number of hydrogen-bond donors (Lipinski definition) is 1. The highest BCUT2D eigenvalue weighted by molar-refractivity contribution is 9.11. The van der Waals surface area contributed by atoms with Crippen molar-refractivity contribution in [2.75, 3.05) is 0 Å². The molecule has 2 aromatic carbocycles. The Morgan fingerprint density at radius 2 is 1.81 bits per heavy atom. The number of rotatable bonds is 4. The molecule has 1 aromatic heterocycles. The standard InChI is InChI=1S/C17H15BrN2O/c1-12(18)11-20-15-10-6-5-9-14(15)19-17(20)16(21)13-7-3-2-4-8-13/h2-10,16,21H,1,11H2. The predicted octanol–water partition coefficient (Wildman–Crippen LogP) is 4.03. The van der Waals surface area contributed by atoms with Crippen molar-refractivity contribution in [3.63, 3.8) is 0 Å². The molecule has 1 atom stereocenters. The van der Waals surface area contributed by atoms with E-state index in [1.807, 2.05) is 59.2 Å². The van der Waals surface area contributed by atoms with Crippen LogP contribution in [0.4, 0.5) is 0 Å². The minimum Gasteiger partial charge on any atom is -0.380 e. The van der Waals surface area contributed by atoms with Crippen LogP contribution in [0.5, 0.6) is 0 Å². The Hall–Kier alpha value is -1.91. The third kappa shape index (κ3) is 2.77. The molecule has 0 bridgehead atoms. The largest absolute Gasteiger partial charge is 0.380 e. The number of hydrogen-bond acceptors (Lipinski definition) is 2. The van der Waals surface area contributed by atoms with Gasteiger partial charge < -0.3 is 9.67 Å². The van der Waals surface area contributed by atoms with Crippen LogP contribution in [0.3, 0.4) is 0 Å². The highest BCUT2D eigenvalue weighted by Crippen LogP contribution is 2.26. The quantitative estimate of drug-likeness (QED) is 0.777. The van der Waals surface area contributed by atoms with E-state index in [0.717, 1.165) is 21.1 Å². The lowest BCUT2D eigenvalue weighted by atomic mass is 10.1. The lowest BCUT2D eigenvalue weighted by Gasteiger charge is -2.14. The molecule has 0 amide bonds. The number of fused-ring (bicyclic) bond motifs is 1. The number of nitrogens with zero attached hydrogens (tertiary/aromatic N) is 2. The second-order valence-corrected chi connectivity index (χ2v) is 6.00. The molecule has 0 saturated heterocycles. The van der Waals surface area contributed by atoms with E-state index < -0.39 is 6.10 Å². The molecule has 3 aromatic rings. The fraction of sp³-hybridized carbons (Fsp3) is 0.118. The molecule has 0 aliphatic rings. The van der Waals surface area contributed by atoms with Crippen molar-refractivity contribution in [2.24, 2.45) is 0 Å². The van der Waals surface area contributed by atoms with Gasteiger partial charge in [0.05, 0.1) is 17.6 Å². The van der Waals surface area contributed by atoms with Gasteiger partial charge in [0.2, 0.25) is 0 Å². The third-order valence-corrected chi connectivity index (χ3v) is 3.62. The smallest absolute Gasteiger partial charge is 0.143 e. The van der Waals surface area contributed by atoms with Gasteiger partial charge in [-0.2, -0.15) is 0 Å². The molecule has 0 fully saturated rings. The van der Waals surface area contributed by atoms with Crippen molar-refractivity contribution < 1.29 is 5.11 Å². The summed E-state index contributed by atoms with van der Waals surface area (Å²) in [4.78, 5) is 4.59. The Bertz CT molecular complexity index is 780. The zero-order chi connectivity index (χ0) is 14.8. The van der Waals surface area contributed by atoms with Crippen LogP contribution in [0.2, 0.25) is 0 Å². The molecule has 0 radical (unpaired) electrons. The summed E-state index contributed by atoms with van der Waals surface area (Å²) in [5.74, 6) is 0.628. The summed E-state index contributed by atoms with van der Waals surface area (Å²) in [6.07, 6.45) is -0.759. The molecular formula is C17H15BrN2O. The van der Waals surface area contributed by atoms with Crippen LogP contribution in [0.1, 0.15) is 17.5 Å². The third-order valence-electron chi connectivity index (χ3n) is 3.37. The summed E-state index contributed by atoms with van der Waals surface area (Å²) >= 11 is 3.40. The molecule has 3 rings (SSSR count). The summed E-state index contributed by atoms with van der Waals surface area (Å²) in [7, 11) is 0. The van der Waals surface area contributed by atoms with E-state index in [1.165, 1.54) is 0 Å². The number of aromatic nitrogens is 2. The first-order valence-electron chi connectivity index (χ1n) is 6.68. The maximum absolute atomic E-state index is 10.7. The summed E-state index contributed by atoms with van der Waals surface area (Å²) in [6, 6.07) is 17.4. The van der Waals surface area contributed by atoms with Gasteiger partial charge in [0, 0.05) is 4.48 Å². The first-order chi connectivity index (χ1) is 10.2. The number of allylic oxidation sites excluding steroid dienone is 1. The minimum atomic E-state index is -0.759. The zero-order valence-corrected chi connectivity index (χ0v) is 13.0. The zero-order valence-electron chi connectivity index (χ0n) is 11.4. The Kier molecular flexibility index (Phi) is 3.90. The van der Waals surface area contributed by atoms with E-state index in [4.69, 9.17) is 0 Å². The van der Waals surface area contributed by atoms with E-state index >= 15 is 0 Å². The molecule has 0 aliphatic carbocycles. The maximum Gasteiger partial charge on any atom is 0.143 e. The molecule has 0 spiro atoms. The van der Waals surface area contributed by atoms with Crippen LogP contribution < -0.4 is 0 Å². The highest BCUT2D eigenvalue weighted by Gasteiger charge is 2.19. The minimum absolute atomic E-state index is 0.569. The Morgan fingerprint density at radius 1 is 1.14 bits per heavy atom. The van der Waals surface area contributed by atoms with E-state index in [-0.39, 0.29) is 0 Å². The summed E-state index contributed by atoms with van der Waals surface area (Å²) in [5, 5.41) is 10.7. The number of imidazole rings is 1. The van der Waals surface area contributed by atoms with Gasteiger partial charge in [-0.1, -0.05) is 65.0 Å². The van der Waals surface area contributed by atoms with Crippen LogP contribution in [-0.4, -0.2) is 14.7 Å². The fourth-order valence-corrected chi connectivity index (χ4v) is 2.68. The van der Waals surface area contributed by atoms with Crippen LogP contribution >= 0.6 is 15.9 Å². The maximum atomic E-state index is 10.7. The molecule has 106 valence electrons. The average Bonchev–Trinajstić information content (AvgIpc) is 2.86. The number of aliphatic hydroxyl groups excluding tert-OH is 1. The molecule has 1 N–H and O–H groups in total. The van der Waals surface area contributed by atoms with Crippen molar-refractivity contribution in [1.82, 2.24) is 9.55 Å². The molecular weight excluding hydrogens is 328 g/mol. The summed E-state index contributed by atoms with van der Waals surface area (Å²) < 4.78 is 2.83. The molecule has 3 nitrogen and oxygen atoms in total. The molecule has 1 heterocycles. The molecule has 4 heteroatoms. The monoisotopic (exact) mass is 342 g/mol. The summed E-state index contributed by atoms with van der Waals surface area (Å²) in [6.45, 7) is 4.47. The van der Waals surface area contributed by atoms with E-state index in [0.29, 0.717) is 12.4 Å². The van der Waals surface area contributed by atoms with E-state index in [2.05, 4.69) is 27.5 Å². The predicted molar refractivity (Wildman–Crippen MR) is 88.3 cm³/mol. The normalized spacial score (nSPS) is 12.5. The first-order valence-corrected chi connectivity index (χ1v) is 7.47. The van der Waals surface area contributed by atoms with Gasteiger partial charge in [0.15, 0.2) is 0 Å². The fourth-order valence-electron chi connectivity index (χ4n) is 2.43. The van der Waals surface area contributed by atoms with Crippen LogP contribution in [0.15, 0.2) is 65.7 Å². The number of halogens is 1. The molecule has 0 saturated carbocycles. The lowest BCUT2D eigenvalue weighted by Crippen LogP contribution is -2.10. The number of para-hydroxylation sites is 2. The first kappa shape index (κ1) is 14.0. The average molecular weight is 343 g/mol. The molecule has 1 unspecified atom stereocenters. The SMILES string of the molecule is C=C(Br)Cn1c(C(O)c2ccccc2)nc2ccccc21. The van der Waals surface area contributed by atoms with Crippen molar-refractivity contribution in [3.8, 4) is 0 Å². The second-order valence-electron chi connectivity index (χ2n) is 4.88. The van der Waals surface area contributed by atoms with Gasteiger partial charge in [-0.15, -0.1) is 0 Å². The summed E-state index contributed by atoms with van der Waals surface area (Å²) in [5.41, 5.74) is 2.69. The van der Waals surface area contributed by atoms with Crippen LogP contribution in [0, 0.1) is 0 Å². The number of benzene rings is 2. The van der Waals surface area contributed by atoms with Gasteiger partial charge in [0.1, 0.15) is 11.9 Å². The number of aliphatic hydroxyl groups is 1. The second kappa shape index (κ2) is 5.84. The van der Waals surface area contributed by atoms with Crippen LogP contribution in [0.25, 0.3) is 11.0 Å². The van der Waals surface area contributed by atoms with E-state index in [1.54, 1.807) is 0 Å². The van der Waals surface area contributed by atoms with Gasteiger partial charge in [-0.05, 0) is 17.7 Å². The van der Waals surface area contributed by atoms with Crippen LogP contribution in [-0.2, 0) is 6.54 Å². The van der Waals surface area contributed by atoms with Gasteiger partial charge in [0.25, 0.3) is 0 Å². The van der Waals surface area contributed by atoms with Crippen molar-refractivity contribution in [2.45, 2.75) is 12.6 Å². The van der Waals surface area contributed by atoms with Crippen molar-refractivity contribution in [3.05, 3.63) is 77.0 Å². The molecule has 0 aliphatic heterocycles. The van der Waals surface area contributed by atoms with E-state index in [9.17, 15) is 5.11 Å². The van der Waals surface area contributed by atoms with Crippen molar-refractivity contribution in [1.29, 1.82) is 0 Å². The van der Waals surface area contributed by atoms with Gasteiger partial charge in [-0.25, -0.2) is 4.98 Å². The highest BCUT2D eigenvalue weighted by atomic mass is 79.9.